The second kappa shape index (κ2) is 13.0. The Morgan fingerprint density at radius 2 is 1.62 bits per heavy atom. The van der Waals surface area contributed by atoms with Crippen LogP contribution < -0.4 is 26.4 Å². The number of aromatic nitrogens is 3. The molecule has 0 amide bonds. The van der Waals surface area contributed by atoms with Crippen molar-refractivity contribution in [1.82, 2.24) is 14.3 Å². The van der Waals surface area contributed by atoms with Crippen molar-refractivity contribution < 1.29 is 41.0 Å². The topological polar surface area (TPSA) is 118 Å². The van der Waals surface area contributed by atoms with Crippen molar-refractivity contribution >= 4 is 11.8 Å². The lowest BCUT2D eigenvalue weighted by Crippen LogP contribution is -2.47. The second-order valence-electron chi connectivity index (χ2n) is 9.33. The Bertz CT molecular complexity index is 1240. The zero-order chi connectivity index (χ0) is 29.4. The van der Waals surface area contributed by atoms with E-state index in [9.17, 15) is 45.8 Å². The molecule has 15 heteroatoms. The summed E-state index contributed by atoms with van der Waals surface area (Å²) in [5.41, 5.74) is -2.87. The van der Waals surface area contributed by atoms with Gasteiger partial charge in [-0.05, 0) is 57.2 Å². The van der Waals surface area contributed by atoms with Crippen molar-refractivity contribution in [3.05, 3.63) is 50.7 Å². The lowest BCUT2D eigenvalue weighted by molar-refractivity contribution is -0.320. The van der Waals surface area contributed by atoms with Crippen LogP contribution in [-0.4, -0.2) is 44.8 Å². The highest BCUT2D eigenvalue weighted by Gasteiger charge is 2.28. The third-order valence-corrected chi connectivity index (χ3v) is 5.49. The zero-order valence-corrected chi connectivity index (χ0v) is 21.3. The molecule has 0 saturated carbocycles. The molecule has 0 aliphatic heterocycles. The van der Waals surface area contributed by atoms with Gasteiger partial charge in [0, 0.05) is 32.5 Å². The molecule has 0 radical (unpaired) electrons. The summed E-state index contributed by atoms with van der Waals surface area (Å²) >= 11 is 0. The van der Waals surface area contributed by atoms with E-state index in [2.05, 4.69) is 10.4 Å². The van der Waals surface area contributed by atoms with Gasteiger partial charge >= 0.3 is 18.0 Å². The first-order chi connectivity index (χ1) is 18.0. The van der Waals surface area contributed by atoms with E-state index < -0.39 is 73.9 Å². The van der Waals surface area contributed by atoms with E-state index in [1.165, 1.54) is 13.8 Å². The van der Waals surface area contributed by atoms with Crippen LogP contribution in [0.25, 0.3) is 0 Å². The van der Waals surface area contributed by atoms with Gasteiger partial charge in [-0.25, -0.2) is 9.48 Å². The molecule has 218 valence electrons. The summed E-state index contributed by atoms with van der Waals surface area (Å²) < 4.78 is 81.8. The maximum atomic E-state index is 12.7. The van der Waals surface area contributed by atoms with Crippen LogP contribution in [0.4, 0.5) is 32.2 Å². The highest BCUT2D eigenvalue weighted by atomic mass is 19.4. The number of carboxylic acids is 1. The Morgan fingerprint density at radius 1 is 1.00 bits per heavy atom. The maximum Gasteiger partial charge on any atom is 0.389 e. The standard InChI is InChI=1S/C24H30F6N4O5/c1-22(2,20(36)37)39-17-9-3-7-16(15-17)8-4-12-31-18-19(35)33(13-5-10-23(25,26)27)21(38)34(32-18)14-6-11-24(28,29)30/h3,7,9,15H,4-6,8,10-14H2,1-2H3,(H,31,32)(H,36,37)/p-1. The Kier molecular flexibility index (Phi) is 10.6. The molecule has 0 aliphatic carbocycles. The molecule has 0 unspecified atom stereocenters. The number of halogens is 6. The molecule has 0 bridgehead atoms. The molecule has 0 saturated heterocycles. The number of anilines is 1. The number of benzene rings is 1. The Hall–Kier alpha value is -3.52. The van der Waals surface area contributed by atoms with Gasteiger partial charge < -0.3 is 20.0 Å². The van der Waals surface area contributed by atoms with Crippen molar-refractivity contribution in [2.45, 2.75) is 83.4 Å². The summed E-state index contributed by atoms with van der Waals surface area (Å²) in [5.74, 6) is -1.47. The van der Waals surface area contributed by atoms with Crippen LogP contribution in [0.2, 0.25) is 0 Å². The predicted octanol–water partition coefficient (Wildman–Crippen LogP) is 3.04. The lowest BCUT2D eigenvalue weighted by atomic mass is 10.1. The molecular weight excluding hydrogens is 538 g/mol. The van der Waals surface area contributed by atoms with Crippen molar-refractivity contribution in [1.29, 1.82) is 0 Å². The van der Waals surface area contributed by atoms with Gasteiger partial charge in [-0.2, -0.15) is 26.3 Å². The van der Waals surface area contributed by atoms with Crippen LogP contribution in [0.3, 0.4) is 0 Å². The molecule has 2 rings (SSSR count). The Balaban J connectivity index is 2.12. The lowest BCUT2D eigenvalue weighted by Gasteiger charge is -2.27. The summed E-state index contributed by atoms with van der Waals surface area (Å²) in [6, 6.07) is 6.60. The van der Waals surface area contributed by atoms with Crippen LogP contribution in [0.1, 0.15) is 51.5 Å². The van der Waals surface area contributed by atoms with E-state index in [0.717, 1.165) is 5.56 Å². The molecule has 1 heterocycles. The summed E-state index contributed by atoms with van der Waals surface area (Å²) in [7, 11) is 0. The fourth-order valence-electron chi connectivity index (χ4n) is 3.48. The van der Waals surface area contributed by atoms with E-state index in [4.69, 9.17) is 4.74 Å². The number of carbonyl (C=O) groups excluding carboxylic acids is 1. The fourth-order valence-corrected chi connectivity index (χ4v) is 3.48. The fraction of sp³-hybridized carbons (Fsp3) is 0.583. The van der Waals surface area contributed by atoms with Gasteiger partial charge in [0.05, 0.1) is 5.97 Å². The molecule has 1 aromatic heterocycles. The number of nitrogens with one attached hydrogen (secondary N) is 1. The first-order valence-electron chi connectivity index (χ1n) is 12.1. The maximum absolute atomic E-state index is 12.7. The summed E-state index contributed by atoms with van der Waals surface area (Å²) in [6.45, 7) is 1.74. The van der Waals surface area contributed by atoms with Crippen LogP contribution in [0.5, 0.6) is 5.75 Å². The third-order valence-electron chi connectivity index (χ3n) is 5.49. The van der Waals surface area contributed by atoms with E-state index in [1.54, 1.807) is 24.3 Å². The van der Waals surface area contributed by atoms with Crippen molar-refractivity contribution in [3.8, 4) is 5.75 Å². The largest absolute Gasteiger partial charge is 0.546 e. The molecule has 0 atom stereocenters. The molecule has 0 aliphatic rings. The van der Waals surface area contributed by atoms with Crippen molar-refractivity contribution in [2.75, 3.05) is 11.9 Å². The predicted molar refractivity (Wildman–Crippen MR) is 126 cm³/mol. The monoisotopic (exact) mass is 567 g/mol. The zero-order valence-electron chi connectivity index (χ0n) is 21.3. The quantitative estimate of drug-likeness (QED) is 0.275. The second-order valence-corrected chi connectivity index (χ2v) is 9.33. The van der Waals surface area contributed by atoms with Gasteiger partial charge in [0.25, 0.3) is 5.56 Å². The van der Waals surface area contributed by atoms with E-state index in [-0.39, 0.29) is 12.4 Å². The number of nitrogens with zero attached hydrogens (tertiary/aromatic N) is 3. The van der Waals surface area contributed by atoms with Crippen LogP contribution in [-0.2, 0) is 24.3 Å². The van der Waals surface area contributed by atoms with Gasteiger partial charge in [-0.3, -0.25) is 9.36 Å². The summed E-state index contributed by atoms with van der Waals surface area (Å²) in [5, 5.41) is 17.7. The van der Waals surface area contributed by atoms with Crippen LogP contribution in [0, 0.1) is 0 Å². The number of aryl methyl sites for hydroxylation is 2. The van der Waals surface area contributed by atoms with E-state index in [0.29, 0.717) is 27.8 Å². The molecular formula is C24H29F6N4O5-. The molecule has 1 N–H and O–H groups in total. The van der Waals surface area contributed by atoms with Crippen LogP contribution >= 0.6 is 0 Å². The normalized spacial score (nSPS) is 12.4. The highest BCUT2D eigenvalue weighted by molar-refractivity contribution is 5.74. The number of alkyl halides is 6. The number of hydrogen-bond acceptors (Lipinski definition) is 7. The minimum absolute atomic E-state index is 0.126. The number of carbonyl (C=O) groups is 1. The molecule has 0 spiro atoms. The van der Waals surface area contributed by atoms with Crippen molar-refractivity contribution in [2.24, 2.45) is 0 Å². The first kappa shape index (κ1) is 31.7. The smallest absolute Gasteiger partial charge is 0.389 e. The molecule has 0 fully saturated rings. The van der Waals surface area contributed by atoms with Crippen molar-refractivity contribution in [3.63, 3.8) is 0 Å². The Labute approximate surface area is 219 Å². The summed E-state index contributed by atoms with van der Waals surface area (Å²) in [6.07, 6.45) is -11.7. The average molecular weight is 568 g/mol. The van der Waals surface area contributed by atoms with Crippen LogP contribution in [0.15, 0.2) is 33.9 Å². The van der Waals surface area contributed by atoms with E-state index >= 15 is 0 Å². The SMILES string of the molecule is CC(C)(Oc1cccc(CCCNc2nn(CCCC(F)(F)F)c(=O)n(CCCC(F)(F)F)c2=O)c1)C(=O)[O-]. The number of carboxylic acid groups (broad SMARTS) is 1. The third kappa shape index (κ3) is 10.6. The van der Waals surface area contributed by atoms with Gasteiger partial charge in [-0.15, -0.1) is 5.10 Å². The van der Waals surface area contributed by atoms with Gasteiger partial charge in [0.15, 0.2) is 0 Å². The molecule has 9 nitrogen and oxygen atoms in total. The summed E-state index contributed by atoms with van der Waals surface area (Å²) in [4.78, 5) is 36.4. The van der Waals surface area contributed by atoms with Gasteiger partial charge in [0.2, 0.25) is 5.82 Å². The van der Waals surface area contributed by atoms with Gasteiger partial charge in [-0.1, -0.05) is 12.1 Å². The molecule has 2 aromatic rings. The van der Waals surface area contributed by atoms with E-state index in [1.807, 2.05) is 0 Å². The number of aliphatic carboxylic acids is 1. The molecule has 39 heavy (non-hydrogen) atoms. The minimum atomic E-state index is -4.51. The number of rotatable bonds is 14. The Morgan fingerprint density at radius 3 is 2.21 bits per heavy atom. The minimum Gasteiger partial charge on any atom is -0.546 e. The average Bonchev–Trinajstić information content (AvgIpc) is 2.79. The highest BCUT2D eigenvalue weighted by Crippen LogP contribution is 2.23. The number of hydrogen-bond donors (Lipinski definition) is 1. The number of ether oxygens (including phenoxy) is 1. The first-order valence-corrected chi connectivity index (χ1v) is 12.1. The van der Waals surface area contributed by atoms with Gasteiger partial charge in [0.1, 0.15) is 11.4 Å². The molecule has 1 aromatic carbocycles.